The summed E-state index contributed by atoms with van der Waals surface area (Å²) in [6.07, 6.45) is 2.45. The average molecular weight is 341 g/mol. The molecule has 1 aromatic heterocycles. The lowest BCUT2D eigenvalue weighted by molar-refractivity contribution is -0.116. The first-order valence-corrected chi connectivity index (χ1v) is 8.98. The summed E-state index contributed by atoms with van der Waals surface area (Å²) in [4.78, 5) is 12.7. The smallest absolute Gasteiger partial charge is 0.162 e. The predicted octanol–water partition coefficient (Wildman–Crippen LogP) is 4.33. The van der Waals surface area contributed by atoms with Crippen LogP contribution < -0.4 is 14.8 Å². The molecule has 0 amide bonds. The fraction of sp³-hybridized carbons (Fsp3) is 0.316. The van der Waals surface area contributed by atoms with Gasteiger partial charge in [-0.2, -0.15) is 11.3 Å². The SMILES string of the molecule is COc1cc2c(cc1OC)C(c1ccsc1)C1=C(CCCC1=O)N2. The summed E-state index contributed by atoms with van der Waals surface area (Å²) < 4.78 is 10.9. The Hall–Kier alpha value is -2.27. The number of rotatable bonds is 3. The third kappa shape index (κ3) is 2.31. The molecule has 1 N–H and O–H groups in total. The molecule has 0 saturated heterocycles. The number of ketones is 1. The van der Waals surface area contributed by atoms with E-state index in [4.69, 9.17) is 9.47 Å². The summed E-state index contributed by atoms with van der Waals surface area (Å²) >= 11 is 1.66. The Morgan fingerprint density at radius 1 is 1.17 bits per heavy atom. The molecular formula is C19H19NO3S. The van der Waals surface area contributed by atoms with Crippen molar-refractivity contribution in [1.82, 2.24) is 0 Å². The molecule has 1 aliphatic heterocycles. The molecule has 4 rings (SSSR count). The van der Waals surface area contributed by atoms with Gasteiger partial charge in [0, 0.05) is 35.4 Å². The number of allylic oxidation sites excluding steroid dienone is 2. The van der Waals surface area contributed by atoms with Crippen LogP contribution in [0.4, 0.5) is 5.69 Å². The molecule has 2 aliphatic rings. The minimum Gasteiger partial charge on any atom is -0.493 e. The zero-order valence-electron chi connectivity index (χ0n) is 13.7. The van der Waals surface area contributed by atoms with Gasteiger partial charge < -0.3 is 14.8 Å². The second kappa shape index (κ2) is 5.98. The second-order valence-electron chi connectivity index (χ2n) is 6.08. The molecule has 1 unspecified atom stereocenters. The van der Waals surface area contributed by atoms with Gasteiger partial charge in [-0.25, -0.2) is 0 Å². The quantitative estimate of drug-likeness (QED) is 0.903. The van der Waals surface area contributed by atoms with Crippen molar-refractivity contribution >= 4 is 22.8 Å². The Labute approximate surface area is 145 Å². The number of hydrogen-bond acceptors (Lipinski definition) is 5. The van der Waals surface area contributed by atoms with Crippen LogP contribution in [0.1, 0.15) is 36.3 Å². The highest BCUT2D eigenvalue weighted by atomic mass is 32.1. The van der Waals surface area contributed by atoms with Gasteiger partial charge in [-0.15, -0.1) is 0 Å². The highest BCUT2D eigenvalue weighted by Gasteiger charge is 2.36. The zero-order valence-corrected chi connectivity index (χ0v) is 14.5. The molecule has 124 valence electrons. The molecule has 5 heteroatoms. The first-order valence-electron chi connectivity index (χ1n) is 8.04. The molecule has 24 heavy (non-hydrogen) atoms. The third-order valence-electron chi connectivity index (χ3n) is 4.77. The average Bonchev–Trinajstić information content (AvgIpc) is 3.13. The molecule has 2 aromatic rings. The van der Waals surface area contributed by atoms with Gasteiger partial charge in [-0.3, -0.25) is 4.79 Å². The van der Waals surface area contributed by atoms with Gasteiger partial charge in [0.25, 0.3) is 0 Å². The van der Waals surface area contributed by atoms with Crippen LogP contribution in [0.25, 0.3) is 0 Å². The van der Waals surface area contributed by atoms with Crippen molar-refractivity contribution in [2.75, 3.05) is 19.5 Å². The predicted molar refractivity (Wildman–Crippen MR) is 95.2 cm³/mol. The molecule has 0 radical (unpaired) electrons. The minimum absolute atomic E-state index is 0.0323. The number of ether oxygens (including phenoxy) is 2. The van der Waals surface area contributed by atoms with Crippen molar-refractivity contribution in [2.45, 2.75) is 25.2 Å². The summed E-state index contributed by atoms with van der Waals surface area (Å²) in [5.41, 5.74) is 5.21. The molecule has 1 aromatic carbocycles. The zero-order chi connectivity index (χ0) is 16.7. The fourth-order valence-electron chi connectivity index (χ4n) is 3.67. The lowest BCUT2D eigenvalue weighted by Gasteiger charge is -2.34. The van der Waals surface area contributed by atoms with Gasteiger partial charge in [0.15, 0.2) is 17.3 Å². The number of fused-ring (bicyclic) bond motifs is 1. The molecule has 0 spiro atoms. The van der Waals surface area contributed by atoms with E-state index >= 15 is 0 Å². The number of thiophene rings is 1. The Morgan fingerprint density at radius 2 is 1.96 bits per heavy atom. The van der Waals surface area contributed by atoms with Gasteiger partial charge >= 0.3 is 0 Å². The van der Waals surface area contributed by atoms with E-state index in [1.165, 1.54) is 0 Å². The van der Waals surface area contributed by atoms with Crippen molar-refractivity contribution in [3.8, 4) is 11.5 Å². The van der Waals surface area contributed by atoms with Crippen LogP contribution in [-0.4, -0.2) is 20.0 Å². The Morgan fingerprint density at radius 3 is 2.67 bits per heavy atom. The molecule has 0 saturated carbocycles. The Kier molecular flexibility index (Phi) is 3.81. The molecule has 0 fully saturated rings. The third-order valence-corrected chi connectivity index (χ3v) is 5.48. The van der Waals surface area contributed by atoms with E-state index in [1.54, 1.807) is 25.6 Å². The number of hydrogen-bond donors (Lipinski definition) is 1. The van der Waals surface area contributed by atoms with E-state index in [2.05, 4.69) is 22.1 Å². The van der Waals surface area contributed by atoms with E-state index in [-0.39, 0.29) is 11.7 Å². The lowest BCUT2D eigenvalue weighted by Crippen LogP contribution is -2.26. The van der Waals surface area contributed by atoms with Crippen molar-refractivity contribution in [1.29, 1.82) is 0 Å². The van der Waals surface area contributed by atoms with Gasteiger partial charge in [-0.05, 0) is 46.9 Å². The normalized spacial score (nSPS) is 19.4. The maximum absolute atomic E-state index is 12.7. The van der Waals surface area contributed by atoms with Crippen LogP contribution in [-0.2, 0) is 4.79 Å². The number of Topliss-reactive ketones (excluding diaryl/α,β-unsaturated/α-hetero) is 1. The first kappa shape index (κ1) is 15.3. The first-order chi connectivity index (χ1) is 11.7. The van der Waals surface area contributed by atoms with E-state index < -0.39 is 0 Å². The number of benzene rings is 1. The van der Waals surface area contributed by atoms with E-state index in [1.807, 2.05) is 12.1 Å². The highest BCUT2D eigenvalue weighted by molar-refractivity contribution is 7.08. The van der Waals surface area contributed by atoms with Crippen LogP contribution in [0.2, 0.25) is 0 Å². The summed E-state index contributed by atoms with van der Waals surface area (Å²) in [6.45, 7) is 0. The summed E-state index contributed by atoms with van der Waals surface area (Å²) in [7, 11) is 3.27. The maximum atomic E-state index is 12.7. The Balaban J connectivity index is 1.94. The van der Waals surface area contributed by atoms with Crippen LogP contribution in [0.3, 0.4) is 0 Å². The lowest BCUT2D eigenvalue weighted by atomic mass is 9.76. The summed E-state index contributed by atoms with van der Waals surface area (Å²) in [5.74, 6) is 1.60. The minimum atomic E-state index is -0.0323. The van der Waals surface area contributed by atoms with Gasteiger partial charge in [0.1, 0.15) is 0 Å². The van der Waals surface area contributed by atoms with Crippen LogP contribution in [0.5, 0.6) is 11.5 Å². The standard InChI is InChI=1S/C19H19NO3S/c1-22-16-8-12-14(9-17(16)23-2)20-13-4-3-5-15(21)19(13)18(12)11-6-7-24-10-11/h6-10,18,20H,3-5H2,1-2H3. The molecule has 1 aliphatic carbocycles. The van der Waals surface area contributed by atoms with Crippen molar-refractivity contribution in [3.05, 3.63) is 51.4 Å². The molecule has 2 heterocycles. The molecule has 4 nitrogen and oxygen atoms in total. The summed E-state index contributed by atoms with van der Waals surface area (Å²) in [6, 6.07) is 6.07. The number of carbonyl (C=O) groups excluding carboxylic acids is 1. The van der Waals surface area contributed by atoms with Crippen LogP contribution in [0.15, 0.2) is 40.2 Å². The Bertz CT molecular complexity index is 823. The van der Waals surface area contributed by atoms with Crippen LogP contribution in [0, 0.1) is 0 Å². The number of carbonyl (C=O) groups is 1. The van der Waals surface area contributed by atoms with Crippen molar-refractivity contribution < 1.29 is 14.3 Å². The summed E-state index contributed by atoms with van der Waals surface area (Å²) in [5, 5.41) is 7.66. The molecule has 1 atom stereocenters. The molecular weight excluding hydrogens is 322 g/mol. The van der Waals surface area contributed by atoms with Crippen LogP contribution >= 0.6 is 11.3 Å². The van der Waals surface area contributed by atoms with Crippen molar-refractivity contribution in [2.24, 2.45) is 0 Å². The number of methoxy groups -OCH3 is 2. The number of anilines is 1. The number of nitrogens with one attached hydrogen (secondary N) is 1. The van der Waals surface area contributed by atoms with Gasteiger partial charge in [0.05, 0.1) is 14.2 Å². The molecule has 0 bridgehead atoms. The van der Waals surface area contributed by atoms with E-state index in [9.17, 15) is 4.79 Å². The van der Waals surface area contributed by atoms with E-state index in [0.29, 0.717) is 17.9 Å². The fourth-order valence-corrected chi connectivity index (χ4v) is 4.36. The largest absolute Gasteiger partial charge is 0.493 e. The van der Waals surface area contributed by atoms with Crippen molar-refractivity contribution in [3.63, 3.8) is 0 Å². The maximum Gasteiger partial charge on any atom is 0.162 e. The monoisotopic (exact) mass is 341 g/mol. The van der Waals surface area contributed by atoms with Gasteiger partial charge in [-0.1, -0.05) is 0 Å². The van der Waals surface area contributed by atoms with E-state index in [0.717, 1.165) is 40.9 Å². The second-order valence-corrected chi connectivity index (χ2v) is 6.86. The highest BCUT2D eigenvalue weighted by Crippen LogP contribution is 2.48. The van der Waals surface area contributed by atoms with Gasteiger partial charge in [0.2, 0.25) is 0 Å². The topological polar surface area (TPSA) is 47.6 Å².